The number of hydrogen-bond donors (Lipinski definition) is 0. The lowest BCUT2D eigenvalue weighted by Crippen LogP contribution is -2.60. The van der Waals surface area contributed by atoms with Crippen LogP contribution < -0.4 is 4.74 Å². The Bertz CT molecular complexity index is 1050. The minimum Gasteiger partial charge on any atom is -0.497 e. The van der Waals surface area contributed by atoms with Crippen LogP contribution in [0.5, 0.6) is 5.75 Å². The van der Waals surface area contributed by atoms with Crippen LogP contribution in [0.4, 0.5) is 4.79 Å². The molecule has 1 amide bonds. The van der Waals surface area contributed by atoms with Crippen molar-refractivity contribution in [2.24, 2.45) is 0 Å². The minimum atomic E-state index is -1.07. The number of carbonyl (C=O) groups is 2. The lowest BCUT2D eigenvalue weighted by molar-refractivity contribution is -0.305. The maximum Gasteiger partial charge on any atom is 0.330 e. The summed E-state index contributed by atoms with van der Waals surface area (Å²) in [6.07, 6.45) is 14.9. The lowest BCUT2D eigenvalue weighted by atomic mass is 9.90. The van der Waals surface area contributed by atoms with E-state index in [1.807, 2.05) is 36.1 Å². The van der Waals surface area contributed by atoms with Gasteiger partial charge in [-0.25, -0.2) is 4.79 Å². The van der Waals surface area contributed by atoms with E-state index in [0.717, 1.165) is 49.0 Å². The third-order valence-electron chi connectivity index (χ3n) is 7.38. The van der Waals surface area contributed by atoms with Crippen molar-refractivity contribution in [3.63, 3.8) is 0 Å². The molecule has 0 saturated carbocycles. The van der Waals surface area contributed by atoms with Gasteiger partial charge in [-0.1, -0.05) is 53.8 Å². The van der Waals surface area contributed by atoms with Crippen molar-refractivity contribution < 1.29 is 28.5 Å². The van der Waals surface area contributed by atoms with E-state index in [-0.39, 0.29) is 29.5 Å². The number of benzene rings is 1. The predicted molar refractivity (Wildman–Crippen MR) is 149 cm³/mol. The van der Waals surface area contributed by atoms with Crippen LogP contribution in [0, 0.1) is 0 Å². The smallest absolute Gasteiger partial charge is 0.330 e. The maximum atomic E-state index is 13.0. The van der Waals surface area contributed by atoms with E-state index in [4.69, 9.17) is 18.9 Å². The minimum absolute atomic E-state index is 0.00674. The fraction of sp³-hybridized carbons (Fsp3) is 0.533. The average Bonchev–Trinajstić information content (AvgIpc) is 3.27. The number of thioether (sulfide) groups is 1. The van der Waals surface area contributed by atoms with Gasteiger partial charge in [0.25, 0.3) is 5.24 Å². The number of rotatable bonds is 5. The molecule has 1 aromatic carbocycles. The highest BCUT2D eigenvalue weighted by Crippen LogP contribution is 2.43. The second kappa shape index (κ2) is 13.5. The predicted octanol–water partition coefficient (Wildman–Crippen LogP) is 6.19. The van der Waals surface area contributed by atoms with E-state index >= 15 is 0 Å². The normalized spacial score (nSPS) is 32.2. The SMILES string of the molecule is COc1ccc(CN2C(=O)SC[C@@H]2[C@@]2(OC)C[C@H]3C[C@@H](CCC/C=C/C=C/CC/C(C)=C\C(=O)O3)O2)cc1. The standard InChI is InChI=1S/C30H39NO6S/c1-22-11-9-7-5-4-6-8-10-12-25-18-26(36-28(32)17-22)19-30(35-3,37-25)27-21-38-29(33)31(27)20-23-13-15-24(34-2)16-14-23/h4-7,13-17,25-27H,8-12,18-21H2,1-3H3/b6-4+,7-5+,22-17-/t25-,26-,27-,30-/m1/s1. The van der Waals surface area contributed by atoms with Gasteiger partial charge in [-0.3, -0.25) is 4.79 Å². The van der Waals surface area contributed by atoms with Crippen LogP contribution in [0.3, 0.4) is 0 Å². The summed E-state index contributed by atoms with van der Waals surface area (Å²) >= 11 is 1.28. The van der Waals surface area contributed by atoms with Crippen molar-refractivity contribution in [3.8, 4) is 5.75 Å². The molecule has 7 nitrogen and oxygen atoms in total. The molecule has 0 N–H and O–H groups in total. The fourth-order valence-corrected chi connectivity index (χ4v) is 6.43. The van der Waals surface area contributed by atoms with E-state index in [1.165, 1.54) is 11.8 Å². The molecule has 0 aromatic heterocycles. The van der Waals surface area contributed by atoms with Crippen molar-refractivity contribution in [2.75, 3.05) is 20.0 Å². The van der Waals surface area contributed by atoms with Gasteiger partial charge in [-0.15, -0.1) is 0 Å². The number of methoxy groups -OCH3 is 2. The molecule has 2 bridgehead atoms. The van der Waals surface area contributed by atoms with Crippen LogP contribution in [0.1, 0.15) is 57.4 Å². The zero-order chi connectivity index (χ0) is 27.0. The molecule has 4 rings (SSSR count). The number of hydrogen-bond acceptors (Lipinski definition) is 7. The summed E-state index contributed by atoms with van der Waals surface area (Å²) in [7, 11) is 3.26. The van der Waals surface area contributed by atoms with Gasteiger partial charge in [0, 0.05) is 38.3 Å². The Hall–Kier alpha value is -2.55. The second-order valence-corrected chi connectivity index (χ2v) is 11.1. The number of allylic oxidation sites excluding steroid dienone is 5. The third-order valence-corrected chi connectivity index (χ3v) is 8.34. The number of nitrogens with zero attached hydrogens (tertiary/aromatic N) is 1. The van der Waals surface area contributed by atoms with Gasteiger partial charge < -0.3 is 23.8 Å². The molecule has 1 aromatic rings. The Morgan fingerprint density at radius 2 is 1.84 bits per heavy atom. The molecule has 2 saturated heterocycles. The summed E-state index contributed by atoms with van der Waals surface area (Å²) in [5.74, 6) is -0.0850. The molecule has 0 spiro atoms. The average molecular weight is 542 g/mol. The molecule has 2 fully saturated rings. The molecule has 4 atom stereocenters. The highest BCUT2D eigenvalue weighted by Gasteiger charge is 2.54. The first-order valence-electron chi connectivity index (χ1n) is 13.4. The summed E-state index contributed by atoms with van der Waals surface area (Å²) in [4.78, 5) is 27.7. The van der Waals surface area contributed by atoms with Crippen LogP contribution in [0.2, 0.25) is 0 Å². The largest absolute Gasteiger partial charge is 0.497 e. The first-order chi connectivity index (χ1) is 18.4. The zero-order valence-corrected chi connectivity index (χ0v) is 23.4. The molecule has 3 aliphatic rings. The van der Waals surface area contributed by atoms with Gasteiger partial charge in [0.15, 0.2) is 5.79 Å². The van der Waals surface area contributed by atoms with Crippen LogP contribution in [-0.2, 0) is 25.5 Å². The summed E-state index contributed by atoms with van der Waals surface area (Å²) in [5.41, 5.74) is 1.98. The molecule has 3 heterocycles. The molecule has 8 heteroatoms. The van der Waals surface area contributed by atoms with Crippen LogP contribution in [-0.4, -0.2) is 60.1 Å². The topological polar surface area (TPSA) is 74.3 Å². The van der Waals surface area contributed by atoms with E-state index in [1.54, 1.807) is 20.3 Å². The number of esters is 1. The van der Waals surface area contributed by atoms with E-state index in [2.05, 4.69) is 24.3 Å². The summed E-state index contributed by atoms with van der Waals surface area (Å²) in [6, 6.07) is 7.40. The first-order valence-corrected chi connectivity index (χ1v) is 14.4. The fourth-order valence-electron chi connectivity index (χ4n) is 5.33. The molecule has 0 radical (unpaired) electrons. The molecule has 0 unspecified atom stereocenters. The Morgan fingerprint density at radius 3 is 2.58 bits per heavy atom. The Labute approximate surface area is 230 Å². The van der Waals surface area contributed by atoms with Crippen LogP contribution in [0.25, 0.3) is 0 Å². The van der Waals surface area contributed by atoms with Crippen molar-refractivity contribution in [2.45, 2.75) is 82.5 Å². The number of carbonyl (C=O) groups excluding carboxylic acids is 2. The highest BCUT2D eigenvalue weighted by atomic mass is 32.2. The van der Waals surface area contributed by atoms with Crippen molar-refractivity contribution in [1.82, 2.24) is 4.90 Å². The highest BCUT2D eigenvalue weighted by molar-refractivity contribution is 8.13. The van der Waals surface area contributed by atoms with Gasteiger partial charge in [-0.05, 0) is 56.7 Å². The van der Waals surface area contributed by atoms with Gasteiger partial charge in [0.2, 0.25) is 0 Å². The molecule has 3 aliphatic heterocycles. The van der Waals surface area contributed by atoms with Crippen LogP contribution in [0.15, 0.2) is 60.2 Å². The van der Waals surface area contributed by atoms with Crippen molar-refractivity contribution in [3.05, 3.63) is 65.8 Å². The lowest BCUT2D eigenvalue weighted by Gasteiger charge is -2.48. The molecule has 206 valence electrons. The Balaban J connectivity index is 1.57. The van der Waals surface area contributed by atoms with Gasteiger partial charge >= 0.3 is 5.97 Å². The third kappa shape index (κ3) is 7.30. The maximum absolute atomic E-state index is 13.0. The quantitative estimate of drug-likeness (QED) is 0.412. The number of ether oxygens (including phenoxy) is 4. The number of amides is 1. The van der Waals surface area contributed by atoms with Crippen LogP contribution >= 0.6 is 11.8 Å². The summed E-state index contributed by atoms with van der Waals surface area (Å²) < 4.78 is 24.1. The Kier molecular flexibility index (Phi) is 10.1. The van der Waals surface area contributed by atoms with E-state index in [0.29, 0.717) is 25.1 Å². The monoisotopic (exact) mass is 541 g/mol. The van der Waals surface area contributed by atoms with E-state index < -0.39 is 5.79 Å². The zero-order valence-electron chi connectivity index (χ0n) is 22.6. The molecular weight excluding hydrogens is 502 g/mol. The summed E-state index contributed by atoms with van der Waals surface area (Å²) in [5, 5.41) is -0.00674. The second-order valence-electron chi connectivity index (χ2n) is 10.1. The van der Waals surface area contributed by atoms with Crippen molar-refractivity contribution in [1.29, 1.82) is 0 Å². The molecule has 0 aliphatic carbocycles. The molecule has 38 heavy (non-hydrogen) atoms. The van der Waals surface area contributed by atoms with Gasteiger partial charge in [0.05, 0.1) is 19.3 Å². The van der Waals surface area contributed by atoms with Crippen molar-refractivity contribution >= 4 is 23.0 Å². The van der Waals surface area contributed by atoms with Gasteiger partial charge in [-0.2, -0.15) is 0 Å². The number of fused-ring (bicyclic) bond motifs is 2. The van der Waals surface area contributed by atoms with E-state index in [9.17, 15) is 9.59 Å². The molecular formula is C30H39NO6S. The first kappa shape index (κ1) is 28.5. The van der Waals surface area contributed by atoms with Gasteiger partial charge in [0.1, 0.15) is 11.9 Å². The Morgan fingerprint density at radius 1 is 1.08 bits per heavy atom. The summed E-state index contributed by atoms with van der Waals surface area (Å²) in [6.45, 7) is 2.39.